The molecule has 1 amide bonds. The first-order chi connectivity index (χ1) is 17.0. The molecule has 35 heavy (non-hydrogen) atoms. The normalized spacial score (nSPS) is 13.8. The largest absolute Gasteiger partial charge is 0.497 e. The highest BCUT2D eigenvalue weighted by Gasteiger charge is 2.25. The smallest absolute Gasteiger partial charge is 0.262 e. The predicted molar refractivity (Wildman–Crippen MR) is 140 cm³/mol. The highest BCUT2D eigenvalue weighted by Crippen LogP contribution is 2.26. The number of hydrogen-bond acceptors (Lipinski definition) is 4. The third-order valence-corrected chi connectivity index (χ3v) is 6.82. The highest BCUT2D eigenvalue weighted by atomic mass is 35.5. The number of rotatable bonds is 4. The van der Waals surface area contributed by atoms with Crippen molar-refractivity contribution in [3.05, 3.63) is 99.4 Å². The van der Waals surface area contributed by atoms with E-state index in [0.717, 1.165) is 11.3 Å². The molecule has 7 heteroatoms. The van der Waals surface area contributed by atoms with Gasteiger partial charge in [-0.25, -0.2) is 0 Å². The predicted octanol–water partition coefficient (Wildman–Crippen LogP) is 4.92. The molecule has 0 radical (unpaired) electrons. The average Bonchev–Trinajstić information content (AvgIpc) is 2.90. The molecular weight excluding hydrogens is 462 g/mol. The fourth-order valence-electron chi connectivity index (χ4n) is 4.64. The Labute approximate surface area is 208 Å². The number of nitrogens with zero attached hydrogens (tertiary/aromatic N) is 3. The molecule has 0 atom stereocenters. The molecule has 1 aromatic heterocycles. The van der Waals surface area contributed by atoms with E-state index in [-0.39, 0.29) is 11.5 Å². The zero-order chi connectivity index (χ0) is 24.5. The van der Waals surface area contributed by atoms with E-state index in [1.807, 2.05) is 53.4 Å². The summed E-state index contributed by atoms with van der Waals surface area (Å²) in [5, 5.41) is 1.89. The van der Waals surface area contributed by atoms with Crippen molar-refractivity contribution in [1.29, 1.82) is 0 Å². The molecule has 0 saturated carbocycles. The van der Waals surface area contributed by atoms with Crippen molar-refractivity contribution in [2.24, 2.45) is 0 Å². The van der Waals surface area contributed by atoms with Crippen molar-refractivity contribution >= 4 is 34.0 Å². The second kappa shape index (κ2) is 9.47. The number of fused-ring (bicyclic) bond motifs is 1. The van der Waals surface area contributed by atoms with Crippen molar-refractivity contribution in [3.63, 3.8) is 0 Å². The van der Waals surface area contributed by atoms with E-state index < -0.39 is 0 Å². The molecule has 1 aliphatic heterocycles. The number of hydrogen-bond donors (Lipinski definition) is 0. The maximum absolute atomic E-state index is 13.7. The highest BCUT2D eigenvalue weighted by molar-refractivity contribution is 6.30. The molecule has 5 rings (SSSR count). The van der Waals surface area contributed by atoms with Crippen LogP contribution < -0.4 is 15.2 Å². The topological polar surface area (TPSA) is 54.8 Å². The summed E-state index contributed by atoms with van der Waals surface area (Å²) in [6.07, 6.45) is 1.67. The van der Waals surface area contributed by atoms with E-state index in [1.165, 1.54) is 0 Å². The summed E-state index contributed by atoms with van der Waals surface area (Å²) < 4.78 is 6.78. The molecule has 6 nitrogen and oxygen atoms in total. The van der Waals surface area contributed by atoms with Crippen molar-refractivity contribution in [1.82, 2.24) is 9.47 Å². The maximum Gasteiger partial charge on any atom is 0.262 e. The van der Waals surface area contributed by atoms with Crippen LogP contribution in [-0.4, -0.2) is 48.7 Å². The minimum absolute atomic E-state index is 0.0778. The number of anilines is 1. The molecule has 2 heterocycles. The van der Waals surface area contributed by atoms with Gasteiger partial charge in [-0.15, -0.1) is 0 Å². The molecule has 0 bridgehead atoms. The van der Waals surface area contributed by atoms with E-state index in [0.29, 0.717) is 59.0 Å². The summed E-state index contributed by atoms with van der Waals surface area (Å²) in [6, 6.07) is 20.4. The summed E-state index contributed by atoms with van der Waals surface area (Å²) in [4.78, 5) is 31.1. The number of amides is 1. The molecule has 178 valence electrons. The minimum Gasteiger partial charge on any atom is -0.497 e. The molecule has 0 unspecified atom stereocenters. The molecule has 0 N–H and O–H groups in total. The Kier molecular flexibility index (Phi) is 6.22. The van der Waals surface area contributed by atoms with Gasteiger partial charge in [0, 0.05) is 59.5 Å². The van der Waals surface area contributed by atoms with Crippen LogP contribution in [-0.2, 0) is 0 Å². The van der Waals surface area contributed by atoms with Crippen LogP contribution >= 0.6 is 11.6 Å². The van der Waals surface area contributed by atoms with Crippen LogP contribution in [0.15, 0.2) is 77.7 Å². The fraction of sp³-hybridized carbons (Fsp3) is 0.214. The molecule has 0 spiro atoms. The minimum atomic E-state index is -0.163. The van der Waals surface area contributed by atoms with Crippen molar-refractivity contribution < 1.29 is 9.53 Å². The quantitative estimate of drug-likeness (QED) is 0.410. The Bertz CT molecular complexity index is 1460. The van der Waals surface area contributed by atoms with Crippen LogP contribution in [0, 0.1) is 6.92 Å². The third kappa shape index (κ3) is 4.37. The molecule has 1 saturated heterocycles. The van der Waals surface area contributed by atoms with Gasteiger partial charge in [-0.3, -0.25) is 14.2 Å². The summed E-state index contributed by atoms with van der Waals surface area (Å²) in [5.41, 5.74) is 3.29. The molecule has 3 aromatic carbocycles. The zero-order valence-corrected chi connectivity index (χ0v) is 20.5. The number of ether oxygens (including phenoxy) is 1. The van der Waals surface area contributed by atoms with Gasteiger partial charge in [0.2, 0.25) is 0 Å². The lowest BCUT2D eigenvalue weighted by atomic mass is 10.1. The number of halogens is 1. The van der Waals surface area contributed by atoms with Crippen LogP contribution in [0.2, 0.25) is 5.02 Å². The first-order valence-corrected chi connectivity index (χ1v) is 11.9. The lowest BCUT2D eigenvalue weighted by molar-refractivity contribution is 0.0748. The monoisotopic (exact) mass is 487 g/mol. The lowest BCUT2D eigenvalue weighted by Crippen LogP contribution is -2.49. The molecule has 1 aliphatic rings. The number of carbonyl (C=O) groups is 1. The van der Waals surface area contributed by atoms with Crippen molar-refractivity contribution in [3.8, 4) is 11.4 Å². The average molecular weight is 488 g/mol. The van der Waals surface area contributed by atoms with Crippen molar-refractivity contribution in [2.45, 2.75) is 6.92 Å². The van der Waals surface area contributed by atoms with E-state index in [9.17, 15) is 9.59 Å². The number of methoxy groups -OCH3 is 1. The second-order valence-electron chi connectivity index (χ2n) is 8.67. The Hall–Kier alpha value is -3.77. The van der Waals surface area contributed by atoms with Crippen LogP contribution in [0.5, 0.6) is 5.75 Å². The van der Waals surface area contributed by atoms with E-state index in [4.69, 9.17) is 16.3 Å². The van der Waals surface area contributed by atoms with Crippen LogP contribution in [0.4, 0.5) is 5.69 Å². The zero-order valence-electron chi connectivity index (χ0n) is 19.7. The summed E-state index contributed by atoms with van der Waals surface area (Å²) in [5.74, 6) is 0.623. The number of piperazine rings is 1. The van der Waals surface area contributed by atoms with Crippen LogP contribution in [0.1, 0.15) is 15.9 Å². The van der Waals surface area contributed by atoms with Crippen molar-refractivity contribution in [2.75, 3.05) is 38.2 Å². The summed E-state index contributed by atoms with van der Waals surface area (Å²) in [6.45, 7) is 4.66. The number of pyridine rings is 1. The number of aromatic nitrogens is 1. The number of carbonyl (C=O) groups excluding carboxylic acids is 1. The summed E-state index contributed by atoms with van der Waals surface area (Å²) >= 11 is 6.22. The van der Waals surface area contributed by atoms with Gasteiger partial charge in [0.15, 0.2) is 0 Å². The van der Waals surface area contributed by atoms with Gasteiger partial charge in [0.25, 0.3) is 11.5 Å². The second-order valence-corrected chi connectivity index (χ2v) is 9.11. The molecule has 4 aromatic rings. The fourth-order valence-corrected chi connectivity index (χ4v) is 4.81. The van der Waals surface area contributed by atoms with Gasteiger partial charge in [-0.1, -0.05) is 35.9 Å². The number of benzene rings is 3. The Morgan fingerprint density at radius 3 is 2.29 bits per heavy atom. The Morgan fingerprint density at radius 1 is 0.914 bits per heavy atom. The number of aryl methyl sites for hydroxylation is 1. The molecule has 0 aliphatic carbocycles. The van der Waals surface area contributed by atoms with E-state index >= 15 is 0 Å². The first-order valence-electron chi connectivity index (χ1n) is 11.6. The van der Waals surface area contributed by atoms with Crippen LogP contribution in [0.25, 0.3) is 16.5 Å². The molecular formula is C28H26ClN3O3. The van der Waals surface area contributed by atoms with Gasteiger partial charge in [0.1, 0.15) is 5.75 Å². The van der Waals surface area contributed by atoms with Gasteiger partial charge in [-0.05, 0) is 55.0 Å². The standard InChI is InChI=1S/C28H26ClN3O3/c1-19-7-8-20(29)17-26(19)30-13-15-31(16-14-30)27(33)25-18-32(21-9-11-22(35-2)12-10-21)28(34)24-6-4-3-5-23(24)25/h3-12,17-18H,13-16H2,1-2H3. The van der Waals surface area contributed by atoms with E-state index in [1.54, 1.807) is 36.1 Å². The van der Waals surface area contributed by atoms with Gasteiger partial charge >= 0.3 is 0 Å². The third-order valence-electron chi connectivity index (χ3n) is 6.58. The SMILES string of the molecule is COc1ccc(-n2cc(C(=O)N3CCN(c4cc(Cl)ccc4C)CC3)c3ccccc3c2=O)cc1. The lowest BCUT2D eigenvalue weighted by Gasteiger charge is -2.37. The van der Waals surface area contributed by atoms with E-state index in [2.05, 4.69) is 11.8 Å². The Morgan fingerprint density at radius 2 is 1.60 bits per heavy atom. The molecule has 1 fully saturated rings. The summed E-state index contributed by atoms with van der Waals surface area (Å²) in [7, 11) is 1.60. The van der Waals surface area contributed by atoms with Gasteiger partial charge in [-0.2, -0.15) is 0 Å². The van der Waals surface area contributed by atoms with Gasteiger partial charge in [0.05, 0.1) is 12.7 Å². The van der Waals surface area contributed by atoms with Gasteiger partial charge < -0.3 is 14.5 Å². The first kappa shape index (κ1) is 23.0. The van der Waals surface area contributed by atoms with Crippen LogP contribution in [0.3, 0.4) is 0 Å². The Balaban J connectivity index is 1.47. The maximum atomic E-state index is 13.7.